The van der Waals surface area contributed by atoms with Crippen molar-refractivity contribution < 1.29 is 18.3 Å². The molecule has 4 unspecified atom stereocenters. The number of amides is 1. The molecule has 4 aliphatic rings. The van der Waals surface area contributed by atoms with E-state index in [1.165, 1.54) is 34.6 Å². The number of carbonyl (C=O) groups excluding carboxylic acids is 1. The number of fused-ring (bicyclic) bond motifs is 2. The number of carbonyl (C=O) groups is 1. The van der Waals surface area contributed by atoms with Gasteiger partial charge in [-0.3, -0.25) is 4.79 Å². The van der Waals surface area contributed by atoms with Crippen molar-refractivity contribution in [1.29, 1.82) is 0 Å². The van der Waals surface area contributed by atoms with Gasteiger partial charge in [0, 0.05) is 24.6 Å². The Kier molecular flexibility index (Phi) is 6.32. The fourth-order valence-corrected chi connectivity index (χ4v) is 5.52. The summed E-state index contributed by atoms with van der Waals surface area (Å²) in [5.41, 5.74) is 6.06. The first-order chi connectivity index (χ1) is 14.3. The van der Waals surface area contributed by atoms with Crippen molar-refractivity contribution in [1.82, 2.24) is 4.90 Å². The molecule has 1 saturated carbocycles. The van der Waals surface area contributed by atoms with Gasteiger partial charge in [0.15, 0.2) is 0 Å². The van der Waals surface area contributed by atoms with Gasteiger partial charge >= 0.3 is 5.85 Å². The lowest BCUT2D eigenvalue weighted by molar-refractivity contribution is -0.142. The maximum atomic E-state index is 13.4. The average molecular weight is 433 g/mol. The predicted octanol–water partition coefficient (Wildman–Crippen LogP) is 5.87. The van der Waals surface area contributed by atoms with Gasteiger partial charge in [-0.2, -0.15) is 8.78 Å². The number of hydrogen-bond acceptors (Lipinski definition) is 2. The Morgan fingerprint density at radius 1 is 1.30 bits per heavy atom. The number of likely N-dealkylation sites (tertiary alicyclic amines) is 1. The lowest BCUT2D eigenvalue weighted by Crippen LogP contribution is -2.51. The lowest BCUT2D eigenvalue weighted by atomic mass is 9.74. The van der Waals surface area contributed by atoms with Crippen molar-refractivity contribution in [2.45, 2.75) is 70.2 Å². The second-order valence-electron chi connectivity index (χ2n) is 8.98. The van der Waals surface area contributed by atoms with Crippen LogP contribution in [0.3, 0.4) is 0 Å². The lowest BCUT2D eigenvalue weighted by Gasteiger charge is -2.45. The minimum atomic E-state index is -3.32. The topological polar surface area (TPSA) is 29.5 Å². The molecule has 2 fully saturated rings. The molecule has 4 atom stereocenters. The summed E-state index contributed by atoms with van der Waals surface area (Å²) in [5, 5.41) is 0. The summed E-state index contributed by atoms with van der Waals surface area (Å²) in [7, 11) is 1.39. The largest absolute Gasteiger partial charge is 0.429 e. The highest BCUT2D eigenvalue weighted by Gasteiger charge is 2.38. The molecule has 1 heterocycles. The van der Waals surface area contributed by atoms with Crippen LogP contribution in [0.1, 0.15) is 58.3 Å². The first-order valence-electron chi connectivity index (χ1n) is 11.0. The van der Waals surface area contributed by atoms with Gasteiger partial charge < -0.3 is 9.64 Å². The monoisotopic (exact) mass is 433 g/mol. The highest BCUT2D eigenvalue weighted by Crippen LogP contribution is 2.40. The van der Waals surface area contributed by atoms with Crippen LogP contribution in [0.5, 0.6) is 0 Å². The number of ether oxygens (including phenoxy) is 1. The molecule has 1 aliphatic heterocycles. The van der Waals surface area contributed by atoms with Crippen LogP contribution in [0.15, 0.2) is 52.5 Å². The third-order valence-electron chi connectivity index (χ3n) is 6.78. The summed E-state index contributed by atoms with van der Waals surface area (Å²) < 4.78 is 31.1. The van der Waals surface area contributed by atoms with Crippen LogP contribution in [-0.2, 0) is 9.53 Å². The standard InChI is InChI=1S/C24H30F2NO2P/c1-16-13-18(6-3-9-22(16)29-24(25,26)30)15-20-8-4-12-27(23(20)28)21-11-10-17-5-2-7-19(21)14-17/h6,9-10,13,19-21H,2,4-5,7-8,11-12,14-15,30H2,1H3. The number of alkyl halides is 2. The van der Waals surface area contributed by atoms with Gasteiger partial charge in [-0.05, 0) is 90.7 Å². The third kappa shape index (κ3) is 4.95. The predicted molar refractivity (Wildman–Crippen MR) is 117 cm³/mol. The van der Waals surface area contributed by atoms with Crippen LogP contribution >= 0.6 is 9.24 Å². The zero-order chi connectivity index (χ0) is 21.3. The fraction of sp³-hybridized carbons (Fsp3) is 0.583. The van der Waals surface area contributed by atoms with E-state index < -0.39 is 5.85 Å². The summed E-state index contributed by atoms with van der Waals surface area (Å²) in [6.07, 6.45) is 15.8. The van der Waals surface area contributed by atoms with Gasteiger partial charge in [-0.1, -0.05) is 17.7 Å². The molecule has 0 spiro atoms. The maximum Gasteiger partial charge on any atom is 0.408 e. The van der Waals surface area contributed by atoms with E-state index >= 15 is 0 Å². The summed E-state index contributed by atoms with van der Waals surface area (Å²) in [6.45, 7) is 2.60. The van der Waals surface area contributed by atoms with Crippen molar-refractivity contribution in [3.8, 4) is 0 Å². The van der Waals surface area contributed by atoms with E-state index in [0.29, 0.717) is 24.0 Å². The molecule has 0 radical (unpaired) electrons. The molecular formula is C24H30F2NO2P. The van der Waals surface area contributed by atoms with E-state index in [4.69, 9.17) is 4.74 Å². The molecule has 0 aromatic rings. The number of piperidine rings is 1. The van der Waals surface area contributed by atoms with Gasteiger partial charge in [0.25, 0.3) is 0 Å². The minimum absolute atomic E-state index is 0.0598. The number of halogens is 2. The maximum absolute atomic E-state index is 13.4. The Labute approximate surface area is 179 Å². The van der Waals surface area contributed by atoms with Crippen LogP contribution in [0, 0.1) is 11.8 Å². The molecule has 4 rings (SSSR count). The van der Waals surface area contributed by atoms with Crippen LogP contribution < -0.4 is 0 Å². The van der Waals surface area contributed by atoms with Crippen molar-refractivity contribution in [3.63, 3.8) is 0 Å². The van der Waals surface area contributed by atoms with Crippen molar-refractivity contribution in [2.24, 2.45) is 11.8 Å². The normalized spacial score (nSPS) is 29.5. The average Bonchev–Trinajstić information content (AvgIpc) is 2.84. The summed E-state index contributed by atoms with van der Waals surface area (Å²) in [5.74, 6) is -2.42. The van der Waals surface area contributed by atoms with E-state index in [0.717, 1.165) is 37.8 Å². The quantitative estimate of drug-likeness (QED) is 0.308. The number of rotatable bonds is 5. The van der Waals surface area contributed by atoms with Crippen LogP contribution in [-0.4, -0.2) is 29.2 Å². The molecule has 0 aromatic heterocycles. The Balaban J connectivity index is 1.47. The number of hydrogen-bond donors (Lipinski definition) is 0. The molecule has 3 aliphatic carbocycles. The van der Waals surface area contributed by atoms with E-state index in [-0.39, 0.29) is 17.6 Å². The Hall–Kier alpha value is -1.70. The summed E-state index contributed by atoms with van der Waals surface area (Å²) in [4.78, 5) is 15.5. The van der Waals surface area contributed by atoms with Gasteiger partial charge in [0.1, 0.15) is 5.76 Å². The zero-order valence-electron chi connectivity index (χ0n) is 17.5. The zero-order valence-corrected chi connectivity index (χ0v) is 18.7. The van der Waals surface area contributed by atoms with Crippen molar-refractivity contribution >= 4 is 15.1 Å². The highest BCUT2D eigenvalue weighted by atomic mass is 31.0. The molecule has 0 N–H and O–H groups in total. The third-order valence-corrected chi connectivity index (χ3v) is 6.89. The van der Waals surface area contributed by atoms with Crippen molar-refractivity contribution in [3.05, 3.63) is 52.5 Å². The van der Waals surface area contributed by atoms with Crippen molar-refractivity contribution in [2.75, 3.05) is 6.54 Å². The Morgan fingerprint density at radius 3 is 2.93 bits per heavy atom. The van der Waals surface area contributed by atoms with E-state index in [9.17, 15) is 13.6 Å². The highest BCUT2D eigenvalue weighted by molar-refractivity contribution is 7.17. The summed E-state index contributed by atoms with van der Waals surface area (Å²) in [6, 6.07) is 0.342. The second-order valence-corrected chi connectivity index (χ2v) is 9.65. The van der Waals surface area contributed by atoms with Gasteiger partial charge in [-0.15, -0.1) is 5.73 Å². The Bertz CT molecular complexity index is 861. The van der Waals surface area contributed by atoms with Gasteiger partial charge in [0.05, 0.1) is 0 Å². The van der Waals surface area contributed by atoms with E-state index in [1.54, 1.807) is 18.6 Å². The molecule has 1 amide bonds. The minimum Gasteiger partial charge on any atom is -0.429 e. The van der Waals surface area contributed by atoms with E-state index in [2.05, 4.69) is 16.7 Å². The summed E-state index contributed by atoms with van der Waals surface area (Å²) >= 11 is 0. The number of nitrogens with zero attached hydrogens (tertiary/aromatic N) is 1. The number of allylic oxidation sites excluding steroid dienone is 5. The molecule has 3 nitrogen and oxygen atoms in total. The Morgan fingerprint density at radius 2 is 2.13 bits per heavy atom. The van der Waals surface area contributed by atoms with Gasteiger partial charge in [-0.25, -0.2) is 0 Å². The van der Waals surface area contributed by atoms with Crippen LogP contribution in [0.2, 0.25) is 0 Å². The molecule has 6 heteroatoms. The molecule has 1 saturated heterocycles. The molecule has 0 aromatic carbocycles. The first kappa shape index (κ1) is 21.5. The van der Waals surface area contributed by atoms with E-state index in [1.807, 2.05) is 6.08 Å². The molecule has 162 valence electrons. The van der Waals surface area contributed by atoms with Crippen LogP contribution in [0.4, 0.5) is 8.78 Å². The fourth-order valence-electron chi connectivity index (χ4n) is 5.39. The first-order valence-corrected chi connectivity index (χ1v) is 11.6. The molecule has 30 heavy (non-hydrogen) atoms. The second kappa shape index (κ2) is 8.81. The van der Waals surface area contributed by atoms with Crippen LogP contribution in [0.25, 0.3) is 0 Å². The smallest absolute Gasteiger partial charge is 0.408 e. The molecular weight excluding hydrogens is 403 g/mol. The molecule has 2 bridgehead atoms. The SMILES string of the molecule is CC1=C(OC(F)(F)P)C=C=CC(CC2CCCN(C3CC=C4CCCC3C4)C2=O)=C1. The van der Waals surface area contributed by atoms with Gasteiger partial charge in [0.2, 0.25) is 5.91 Å².